The highest BCUT2D eigenvalue weighted by Gasteiger charge is 2.26. The molecule has 3 heterocycles. The summed E-state index contributed by atoms with van der Waals surface area (Å²) in [6.07, 6.45) is 4.15. The van der Waals surface area contributed by atoms with Gasteiger partial charge in [-0.15, -0.1) is 0 Å². The third-order valence-corrected chi connectivity index (χ3v) is 5.37. The summed E-state index contributed by atoms with van der Waals surface area (Å²) in [6.45, 7) is 5.36. The lowest BCUT2D eigenvalue weighted by atomic mass is 9.98. The molecule has 0 saturated carbocycles. The molecular weight excluding hydrogens is 356 g/mol. The van der Waals surface area contributed by atoms with Crippen molar-refractivity contribution in [3.8, 4) is 11.5 Å². The van der Waals surface area contributed by atoms with Gasteiger partial charge in [0.1, 0.15) is 13.2 Å². The number of hydrogen-bond acceptors (Lipinski definition) is 6. The SMILES string of the molecule is NC(=O)[C@H](Cc1ccncc1)CN1CCN(c2cccc3c2OCCO3)CC1. The van der Waals surface area contributed by atoms with Crippen molar-refractivity contribution in [2.24, 2.45) is 11.7 Å². The van der Waals surface area contributed by atoms with Crippen molar-refractivity contribution in [1.29, 1.82) is 0 Å². The molecule has 0 aliphatic carbocycles. The Bertz CT molecular complexity index is 807. The number of benzene rings is 1. The minimum absolute atomic E-state index is 0.199. The number of nitrogens with two attached hydrogens (primary N) is 1. The molecule has 1 atom stereocenters. The number of hydrogen-bond donors (Lipinski definition) is 1. The van der Waals surface area contributed by atoms with Crippen molar-refractivity contribution in [3.63, 3.8) is 0 Å². The zero-order chi connectivity index (χ0) is 19.3. The molecule has 1 aromatic heterocycles. The Morgan fingerprint density at radius 3 is 2.57 bits per heavy atom. The summed E-state index contributed by atoms with van der Waals surface area (Å²) in [4.78, 5) is 20.6. The van der Waals surface area contributed by atoms with E-state index < -0.39 is 0 Å². The third kappa shape index (κ3) is 4.20. The van der Waals surface area contributed by atoms with E-state index in [1.54, 1.807) is 12.4 Å². The summed E-state index contributed by atoms with van der Waals surface area (Å²) >= 11 is 0. The molecule has 7 nitrogen and oxygen atoms in total. The van der Waals surface area contributed by atoms with Crippen LogP contribution < -0.4 is 20.1 Å². The highest BCUT2D eigenvalue weighted by molar-refractivity contribution is 5.77. The Morgan fingerprint density at radius 1 is 1.07 bits per heavy atom. The molecule has 2 N–H and O–H groups in total. The minimum atomic E-state index is -0.248. The summed E-state index contributed by atoms with van der Waals surface area (Å²) in [7, 11) is 0. The summed E-state index contributed by atoms with van der Waals surface area (Å²) in [5.41, 5.74) is 7.85. The highest BCUT2D eigenvalue weighted by atomic mass is 16.6. The van der Waals surface area contributed by atoms with Crippen LogP contribution >= 0.6 is 0 Å². The van der Waals surface area contributed by atoms with Crippen LogP contribution in [0.5, 0.6) is 11.5 Å². The van der Waals surface area contributed by atoms with Gasteiger partial charge in [-0.05, 0) is 36.2 Å². The van der Waals surface area contributed by atoms with Crippen LogP contribution in [0.2, 0.25) is 0 Å². The van der Waals surface area contributed by atoms with Crippen LogP contribution in [-0.4, -0.2) is 61.7 Å². The van der Waals surface area contributed by atoms with Gasteiger partial charge in [-0.2, -0.15) is 0 Å². The quantitative estimate of drug-likeness (QED) is 0.812. The Balaban J connectivity index is 1.37. The standard InChI is InChI=1S/C21H26N4O3/c22-21(26)17(14-16-4-6-23-7-5-16)15-24-8-10-25(11-9-24)18-2-1-3-19-20(18)28-13-12-27-19/h1-7,17H,8-15H2,(H2,22,26)/t17-/m1/s1. The van der Waals surface area contributed by atoms with E-state index in [1.807, 2.05) is 24.3 Å². The van der Waals surface area contributed by atoms with E-state index in [-0.39, 0.29) is 11.8 Å². The normalized spacial score (nSPS) is 17.9. The second-order valence-electron chi connectivity index (χ2n) is 7.25. The Kier molecular flexibility index (Phi) is 5.62. The van der Waals surface area contributed by atoms with E-state index in [1.165, 1.54) is 0 Å². The van der Waals surface area contributed by atoms with Crippen LogP contribution in [0.25, 0.3) is 0 Å². The first-order valence-electron chi connectivity index (χ1n) is 9.75. The number of carbonyl (C=O) groups is 1. The van der Waals surface area contributed by atoms with E-state index in [0.29, 0.717) is 26.2 Å². The van der Waals surface area contributed by atoms with Crippen LogP contribution in [-0.2, 0) is 11.2 Å². The maximum Gasteiger partial charge on any atom is 0.222 e. The van der Waals surface area contributed by atoms with Crippen LogP contribution in [0.15, 0.2) is 42.7 Å². The number of piperazine rings is 1. The van der Waals surface area contributed by atoms with Gasteiger partial charge in [-0.3, -0.25) is 14.7 Å². The van der Waals surface area contributed by atoms with Crippen molar-refractivity contribution in [2.45, 2.75) is 6.42 Å². The van der Waals surface area contributed by atoms with Crippen LogP contribution in [0.3, 0.4) is 0 Å². The van der Waals surface area contributed by atoms with Gasteiger partial charge >= 0.3 is 0 Å². The van der Waals surface area contributed by atoms with Gasteiger partial charge in [0, 0.05) is 45.1 Å². The Hall–Kier alpha value is -2.80. The summed E-state index contributed by atoms with van der Waals surface area (Å²) < 4.78 is 11.5. The number of nitrogens with zero attached hydrogens (tertiary/aromatic N) is 3. The third-order valence-electron chi connectivity index (χ3n) is 5.37. The molecule has 1 saturated heterocycles. The number of pyridine rings is 1. The molecule has 1 aromatic carbocycles. The first-order valence-corrected chi connectivity index (χ1v) is 9.75. The molecule has 0 radical (unpaired) electrons. The molecule has 1 amide bonds. The monoisotopic (exact) mass is 382 g/mol. The minimum Gasteiger partial charge on any atom is -0.486 e. The first-order chi connectivity index (χ1) is 13.7. The number of primary amides is 1. The second-order valence-corrected chi connectivity index (χ2v) is 7.25. The van der Waals surface area contributed by atoms with Crippen molar-refractivity contribution in [2.75, 3.05) is 50.8 Å². The fourth-order valence-electron chi connectivity index (χ4n) is 3.85. The molecule has 0 spiro atoms. The molecule has 0 bridgehead atoms. The number of carbonyl (C=O) groups excluding carboxylic acids is 1. The van der Waals surface area contributed by atoms with Gasteiger partial charge in [0.15, 0.2) is 11.5 Å². The number of anilines is 1. The molecule has 148 valence electrons. The molecular formula is C21H26N4O3. The molecule has 2 aromatic rings. The average molecular weight is 382 g/mol. The van der Waals surface area contributed by atoms with Gasteiger partial charge in [-0.25, -0.2) is 0 Å². The van der Waals surface area contributed by atoms with Crippen molar-refractivity contribution in [3.05, 3.63) is 48.3 Å². The molecule has 2 aliphatic heterocycles. The molecule has 28 heavy (non-hydrogen) atoms. The van der Waals surface area contributed by atoms with Crippen molar-refractivity contribution < 1.29 is 14.3 Å². The number of rotatable bonds is 6. The Morgan fingerprint density at radius 2 is 1.82 bits per heavy atom. The van der Waals surface area contributed by atoms with Gasteiger partial charge in [0.05, 0.1) is 11.6 Å². The molecule has 1 fully saturated rings. The van der Waals surface area contributed by atoms with Crippen molar-refractivity contribution in [1.82, 2.24) is 9.88 Å². The molecule has 7 heteroatoms. The first kappa shape index (κ1) is 18.6. The maximum atomic E-state index is 12.0. The number of aromatic nitrogens is 1. The predicted octanol–water partition coefficient (Wildman–Crippen LogP) is 1.32. The van der Waals surface area contributed by atoms with E-state index in [9.17, 15) is 4.79 Å². The fourth-order valence-corrected chi connectivity index (χ4v) is 3.85. The van der Waals surface area contributed by atoms with Crippen molar-refractivity contribution >= 4 is 11.6 Å². The average Bonchev–Trinajstić information content (AvgIpc) is 2.74. The number of fused-ring (bicyclic) bond motifs is 1. The zero-order valence-electron chi connectivity index (χ0n) is 15.9. The summed E-state index contributed by atoms with van der Waals surface area (Å²) in [6, 6.07) is 9.92. The van der Waals surface area contributed by atoms with Gasteiger partial charge in [-0.1, -0.05) is 6.07 Å². The molecule has 2 aliphatic rings. The molecule has 4 rings (SSSR count). The number of amides is 1. The van der Waals surface area contributed by atoms with Crippen LogP contribution in [0.4, 0.5) is 5.69 Å². The lowest BCUT2D eigenvalue weighted by Crippen LogP contribution is -2.49. The number of para-hydroxylation sites is 1. The Labute approximate surface area is 165 Å². The highest BCUT2D eigenvalue weighted by Crippen LogP contribution is 2.39. The van der Waals surface area contributed by atoms with E-state index in [2.05, 4.69) is 20.9 Å². The van der Waals surface area contributed by atoms with E-state index in [0.717, 1.165) is 48.9 Å². The van der Waals surface area contributed by atoms with E-state index >= 15 is 0 Å². The summed E-state index contributed by atoms with van der Waals surface area (Å²) in [5.74, 6) is 1.21. The largest absolute Gasteiger partial charge is 0.486 e. The van der Waals surface area contributed by atoms with Crippen LogP contribution in [0.1, 0.15) is 5.56 Å². The second kappa shape index (κ2) is 8.48. The zero-order valence-corrected chi connectivity index (χ0v) is 15.9. The lowest BCUT2D eigenvalue weighted by molar-refractivity contribution is -0.122. The molecule has 0 unspecified atom stereocenters. The van der Waals surface area contributed by atoms with Gasteiger partial charge in [0.25, 0.3) is 0 Å². The van der Waals surface area contributed by atoms with Crippen LogP contribution in [0, 0.1) is 5.92 Å². The summed E-state index contributed by atoms with van der Waals surface area (Å²) in [5, 5.41) is 0. The van der Waals surface area contributed by atoms with Gasteiger partial charge < -0.3 is 20.1 Å². The predicted molar refractivity (Wildman–Crippen MR) is 107 cm³/mol. The maximum absolute atomic E-state index is 12.0. The number of ether oxygens (including phenoxy) is 2. The topological polar surface area (TPSA) is 80.9 Å². The fraction of sp³-hybridized carbons (Fsp3) is 0.429. The lowest BCUT2D eigenvalue weighted by Gasteiger charge is -2.38. The van der Waals surface area contributed by atoms with Gasteiger partial charge in [0.2, 0.25) is 5.91 Å². The van der Waals surface area contributed by atoms with E-state index in [4.69, 9.17) is 15.2 Å². The smallest absolute Gasteiger partial charge is 0.222 e.